The Labute approximate surface area is 106 Å². The Morgan fingerprint density at radius 1 is 1.47 bits per heavy atom. The van der Waals surface area contributed by atoms with Gasteiger partial charge in [0.1, 0.15) is 11.5 Å². The summed E-state index contributed by atoms with van der Waals surface area (Å²) in [6, 6.07) is 2.80. The van der Waals surface area contributed by atoms with E-state index in [1.807, 2.05) is 0 Å². The molecular formula is C12H11BrFNO2. The Hall–Kier alpha value is -1.36. The van der Waals surface area contributed by atoms with Crippen molar-refractivity contribution in [1.29, 1.82) is 0 Å². The van der Waals surface area contributed by atoms with Gasteiger partial charge in [0.05, 0.1) is 12.6 Å². The molecule has 0 radical (unpaired) electrons. The van der Waals surface area contributed by atoms with E-state index in [9.17, 15) is 9.18 Å². The summed E-state index contributed by atoms with van der Waals surface area (Å²) >= 11 is 3.30. The zero-order chi connectivity index (χ0) is 12.7. The quantitative estimate of drug-likeness (QED) is 0.757. The standard InChI is InChI=1S/C12H11BrFNO2/c1-6-8-4-7(14)5-9(13)11(8)15(2)10(6)12(16)17-3/h4-5H,1-3H3. The van der Waals surface area contributed by atoms with E-state index in [1.54, 1.807) is 18.5 Å². The molecule has 0 atom stereocenters. The van der Waals surface area contributed by atoms with Crippen LogP contribution < -0.4 is 0 Å². The first-order valence-corrected chi connectivity index (χ1v) is 5.79. The number of nitrogens with zero attached hydrogens (tertiary/aromatic N) is 1. The van der Waals surface area contributed by atoms with Crippen LogP contribution in [0.5, 0.6) is 0 Å². The van der Waals surface area contributed by atoms with Gasteiger partial charge in [-0.05, 0) is 40.5 Å². The molecule has 17 heavy (non-hydrogen) atoms. The van der Waals surface area contributed by atoms with E-state index in [2.05, 4.69) is 15.9 Å². The van der Waals surface area contributed by atoms with Gasteiger partial charge in [-0.2, -0.15) is 0 Å². The molecule has 3 nitrogen and oxygen atoms in total. The molecule has 1 heterocycles. The molecule has 1 aromatic carbocycles. The Bertz CT molecular complexity index is 619. The van der Waals surface area contributed by atoms with Crippen LogP contribution in [0.25, 0.3) is 10.9 Å². The highest BCUT2D eigenvalue weighted by Gasteiger charge is 2.20. The van der Waals surface area contributed by atoms with E-state index in [4.69, 9.17) is 4.74 Å². The first-order valence-electron chi connectivity index (χ1n) is 4.99. The van der Waals surface area contributed by atoms with Crippen LogP contribution in [-0.2, 0) is 11.8 Å². The average Bonchev–Trinajstić information content (AvgIpc) is 2.50. The van der Waals surface area contributed by atoms with Gasteiger partial charge in [0.15, 0.2) is 0 Å². The number of aromatic nitrogens is 1. The number of benzene rings is 1. The first kappa shape index (κ1) is 12.1. The second-order valence-electron chi connectivity index (χ2n) is 3.81. The van der Waals surface area contributed by atoms with Gasteiger partial charge in [0, 0.05) is 16.9 Å². The maximum atomic E-state index is 13.3. The second-order valence-corrected chi connectivity index (χ2v) is 4.66. The fourth-order valence-electron chi connectivity index (χ4n) is 2.07. The number of hydrogen-bond donors (Lipinski definition) is 0. The zero-order valence-corrected chi connectivity index (χ0v) is 11.3. The topological polar surface area (TPSA) is 31.2 Å². The Morgan fingerprint density at radius 2 is 2.12 bits per heavy atom. The van der Waals surface area contributed by atoms with Crippen LogP contribution in [0.4, 0.5) is 4.39 Å². The lowest BCUT2D eigenvalue weighted by atomic mass is 10.1. The van der Waals surface area contributed by atoms with Crippen molar-refractivity contribution in [2.75, 3.05) is 7.11 Å². The fraction of sp³-hybridized carbons (Fsp3) is 0.250. The number of fused-ring (bicyclic) bond motifs is 1. The lowest BCUT2D eigenvalue weighted by Gasteiger charge is -2.03. The molecule has 0 saturated carbocycles. The van der Waals surface area contributed by atoms with Gasteiger partial charge in [-0.15, -0.1) is 0 Å². The molecule has 0 aliphatic carbocycles. The minimum absolute atomic E-state index is 0.338. The van der Waals surface area contributed by atoms with Crippen molar-refractivity contribution in [1.82, 2.24) is 4.57 Å². The molecule has 0 aliphatic rings. The molecule has 0 saturated heterocycles. The largest absolute Gasteiger partial charge is 0.464 e. The van der Waals surface area contributed by atoms with Crippen LogP contribution in [0, 0.1) is 12.7 Å². The monoisotopic (exact) mass is 299 g/mol. The predicted molar refractivity (Wildman–Crippen MR) is 66.7 cm³/mol. The Morgan fingerprint density at radius 3 is 2.71 bits per heavy atom. The van der Waals surface area contributed by atoms with Crippen LogP contribution in [0.3, 0.4) is 0 Å². The van der Waals surface area contributed by atoms with Crippen molar-refractivity contribution >= 4 is 32.8 Å². The van der Waals surface area contributed by atoms with Crippen molar-refractivity contribution in [3.8, 4) is 0 Å². The predicted octanol–water partition coefficient (Wildman–Crippen LogP) is 3.17. The number of hydrogen-bond acceptors (Lipinski definition) is 2. The van der Waals surface area contributed by atoms with E-state index in [1.165, 1.54) is 19.2 Å². The smallest absolute Gasteiger partial charge is 0.354 e. The van der Waals surface area contributed by atoms with Crippen LogP contribution >= 0.6 is 15.9 Å². The molecule has 5 heteroatoms. The summed E-state index contributed by atoms with van der Waals surface area (Å²) in [6.07, 6.45) is 0. The highest BCUT2D eigenvalue weighted by molar-refractivity contribution is 9.10. The number of esters is 1. The molecule has 0 amide bonds. The molecule has 2 aromatic rings. The van der Waals surface area contributed by atoms with Gasteiger partial charge >= 0.3 is 5.97 Å². The summed E-state index contributed by atoms with van der Waals surface area (Å²) < 4.78 is 20.4. The van der Waals surface area contributed by atoms with E-state index in [-0.39, 0.29) is 5.82 Å². The summed E-state index contributed by atoms with van der Waals surface area (Å²) in [5.74, 6) is -0.761. The normalized spacial score (nSPS) is 10.9. The number of aryl methyl sites for hydroxylation is 2. The summed E-state index contributed by atoms with van der Waals surface area (Å²) in [7, 11) is 3.08. The number of carbonyl (C=O) groups excluding carboxylic acids is 1. The maximum absolute atomic E-state index is 13.3. The van der Waals surface area contributed by atoms with Crippen LogP contribution in [0.2, 0.25) is 0 Å². The van der Waals surface area contributed by atoms with Gasteiger partial charge in [-0.1, -0.05) is 0 Å². The number of methoxy groups -OCH3 is 1. The molecule has 90 valence electrons. The third kappa shape index (κ3) is 1.74. The van der Waals surface area contributed by atoms with Crippen LogP contribution in [0.15, 0.2) is 16.6 Å². The van der Waals surface area contributed by atoms with Crippen molar-refractivity contribution in [3.63, 3.8) is 0 Å². The molecule has 0 N–H and O–H groups in total. The highest BCUT2D eigenvalue weighted by atomic mass is 79.9. The van der Waals surface area contributed by atoms with Crippen molar-refractivity contribution in [2.24, 2.45) is 7.05 Å². The number of halogens is 2. The highest BCUT2D eigenvalue weighted by Crippen LogP contribution is 2.31. The Kier molecular flexibility index (Phi) is 2.95. The zero-order valence-electron chi connectivity index (χ0n) is 9.67. The lowest BCUT2D eigenvalue weighted by Crippen LogP contribution is -2.08. The second kappa shape index (κ2) is 4.14. The molecule has 0 aliphatic heterocycles. The van der Waals surface area contributed by atoms with Crippen LogP contribution in [-0.4, -0.2) is 17.6 Å². The number of rotatable bonds is 1. The lowest BCUT2D eigenvalue weighted by molar-refractivity contribution is 0.0589. The minimum atomic E-state index is -0.423. The third-order valence-corrected chi connectivity index (χ3v) is 3.44. The summed E-state index contributed by atoms with van der Waals surface area (Å²) in [5.41, 5.74) is 1.94. The van der Waals surface area contributed by atoms with Gasteiger partial charge < -0.3 is 9.30 Å². The van der Waals surface area contributed by atoms with Crippen molar-refractivity contribution in [3.05, 3.63) is 33.7 Å². The minimum Gasteiger partial charge on any atom is -0.464 e. The molecule has 0 spiro atoms. The van der Waals surface area contributed by atoms with E-state index >= 15 is 0 Å². The van der Waals surface area contributed by atoms with Gasteiger partial charge in [0.2, 0.25) is 0 Å². The van der Waals surface area contributed by atoms with Gasteiger partial charge in [-0.25, -0.2) is 9.18 Å². The molecule has 0 bridgehead atoms. The number of carbonyl (C=O) groups is 1. The van der Waals surface area contributed by atoms with Crippen molar-refractivity contribution < 1.29 is 13.9 Å². The molecular weight excluding hydrogens is 289 g/mol. The van der Waals surface area contributed by atoms with Gasteiger partial charge in [-0.3, -0.25) is 0 Å². The van der Waals surface area contributed by atoms with E-state index < -0.39 is 5.97 Å². The Balaban J connectivity index is 2.90. The summed E-state index contributed by atoms with van der Waals surface area (Å²) in [4.78, 5) is 11.7. The van der Waals surface area contributed by atoms with E-state index in [0.717, 1.165) is 11.1 Å². The fourth-order valence-corrected chi connectivity index (χ4v) is 2.77. The average molecular weight is 300 g/mol. The summed E-state index contributed by atoms with van der Waals surface area (Å²) in [5, 5.41) is 0.708. The summed E-state index contributed by atoms with van der Waals surface area (Å²) in [6.45, 7) is 1.78. The number of ether oxygens (including phenoxy) is 1. The molecule has 0 fully saturated rings. The first-order chi connectivity index (χ1) is 7.97. The van der Waals surface area contributed by atoms with Crippen molar-refractivity contribution in [2.45, 2.75) is 6.92 Å². The SMILES string of the molecule is COC(=O)c1c(C)c2cc(F)cc(Br)c2n1C. The molecule has 2 rings (SSSR count). The maximum Gasteiger partial charge on any atom is 0.354 e. The molecule has 1 aromatic heterocycles. The molecule has 0 unspecified atom stereocenters. The van der Waals surface area contributed by atoms with Gasteiger partial charge in [0.25, 0.3) is 0 Å². The van der Waals surface area contributed by atoms with Crippen LogP contribution in [0.1, 0.15) is 16.1 Å². The van der Waals surface area contributed by atoms with E-state index in [0.29, 0.717) is 15.6 Å². The third-order valence-electron chi connectivity index (χ3n) is 2.84.